The van der Waals surface area contributed by atoms with Gasteiger partial charge in [-0.2, -0.15) is 0 Å². The molecule has 1 aromatic rings. The molecule has 4 heteroatoms. The summed E-state index contributed by atoms with van der Waals surface area (Å²) in [7, 11) is 0. The molecule has 0 heterocycles. The zero-order valence-corrected chi connectivity index (χ0v) is 11.3. The Balaban J connectivity index is 2.59. The summed E-state index contributed by atoms with van der Waals surface area (Å²) in [6.45, 7) is 7.60. The van der Waals surface area contributed by atoms with Crippen LogP contribution in [0.2, 0.25) is 0 Å². The summed E-state index contributed by atoms with van der Waals surface area (Å²) in [5.74, 6) is -0.547. The van der Waals surface area contributed by atoms with E-state index in [2.05, 4.69) is 10.6 Å². The fourth-order valence-electron chi connectivity index (χ4n) is 1.58. The average Bonchev–Trinajstić information content (AvgIpc) is 2.21. The lowest BCUT2D eigenvalue weighted by Crippen LogP contribution is -2.33. The van der Waals surface area contributed by atoms with Crippen LogP contribution in [-0.2, 0) is 9.59 Å². The van der Waals surface area contributed by atoms with E-state index in [1.54, 1.807) is 0 Å². The lowest BCUT2D eigenvalue weighted by atomic mass is 10.1. The predicted molar refractivity (Wildman–Crippen MR) is 72.4 cm³/mol. The minimum absolute atomic E-state index is 0.0472. The lowest BCUT2D eigenvalue weighted by molar-refractivity contribution is -0.127. The van der Waals surface area contributed by atoms with Crippen LogP contribution < -0.4 is 10.6 Å². The maximum absolute atomic E-state index is 11.7. The van der Waals surface area contributed by atoms with E-state index in [0.29, 0.717) is 0 Å². The molecule has 0 aliphatic carbocycles. The minimum Gasteiger partial charge on any atom is -0.353 e. The molecular weight excluding hydrogens is 228 g/mol. The zero-order valence-electron chi connectivity index (χ0n) is 11.3. The fraction of sp³-hybridized carbons (Fsp3) is 0.429. The molecule has 0 radical (unpaired) electrons. The van der Waals surface area contributed by atoms with Gasteiger partial charge in [-0.15, -0.1) is 0 Å². The molecule has 1 rings (SSSR count). The average molecular weight is 248 g/mol. The van der Waals surface area contributed by atoms with Crippen LogP contribution in [0.5, 0.6) is 0 Å². The molecule has 98 valence electrons. The molecule has 0 aliphatic rings. The molecule has 18 heavy (non-hydrogen) atoms. The van der Waals surface area contributed by atoms with Gasteiger partial charge >= 0.3 is 0 Å². The molecule has 1 aromatic carbocycles. The first-order valence-corrected chi connectivity index (χ1v) is 6.05. The van der Waals surface area contributed by atoms with E-state index in [-0.39, 0.29) is 24.3 Å². The van der Waals surface area contributed by atoms with E-state index in [4.69, 9.17) is 0 Å². The number of nitrogens with one attached hydrogen (secondary N) is 2. The summed E-state index contributed by atoms with van der Waals surface area (Å²) in [4.78, 5) is 23.1. The first-order chi connectivity index (χ1) is 8.38. The van der Waals surface area contributed by atoms with Gasteiger partial charge in [0.1, 0.15) is 6.42 Å². The van der Waals surface area contributed by atoms with Crippen LogP contribution in [-0.4, -0.2) is 17.9 Å². The summed E-state index contributed by atoms with van der Waals surface area (Å²) >= 11 is 0. The summed E-state index contributed by atoms with van der Waals surface area (Å²) in [6.07, 6.45) is -0.147. The van der Waals surface area contributed by atoms with Gasteiger partial charge in [0, 0.05) is 11.7 Å². The van der Waals surface area contributed by atoms with Crippen LogP contribution in [0.15, 0.2) is 18.2 Å². The third-order valence-corrected chi connectivity index (χ3v) is 2.44. The van der Waals surface area contributed by atoms with Crippen molar-refractivity contribution in [2.45, 2.75) is 40.2 Å². The predicted octanol–water partition coefficient (Wildman–Crippen LogP) is 2.16. The molecule has 0 saturated carbocycles. The van der Waals surface area contributed by atoms with Crippen molar-refractivity contribution in [2.75, 3.05) is 5.32 Å². The molecule has 0 fully saturated rings. The third kappa shape index (κ3) is 4.57. The molecule has 0 bridgehead atoms. The van der Waals surface area contributed by atoms with Gasteiger partial charge in [0.15, 0.2) is 0 Å². The number of hydrogen-bond donors (Lipinski definition) is 2. The second kappa shape index (κ2) is 6.19. The largest absolute Gasteiger partial charge is 0.353 e. The Morgan fingerprint density at radius 3 is 2.44 bits per heavy atom. The SMILES string of the molecule is Cc1ccc(C)c(NC(=O)CC(=O)NC(C)C)c1. The van der Waals surface area contributed by atoms with Crippen LogP contribution in [0, 0.1) is 13.8 Å². The van der Waals surface area contributed by atoms with E-state index in [1.807, 2.05) is 45.9 Å². The first kappa shape index (κ1) is 14.2. The standard InChI is InChI=1S/C14H20N2O2/c1-9(2)15-13(17)8-14(18)16-12-7-10(3)5-6-11(12)4/h5-7,9H,8H2,1-4H3,(H,15,17)(H,16,18). The van der Waals surface area contributed by atoms with E-state index in [9.17, 15) is 9.59 Å². The zero-order chi connectivity index (χ0) is 13.7. The maximum atomic E-state index is 11.7. The molecule has 0 aromatic heterocycles. The molecular formula is C14H20N2O2. The number of aryl methyl sites for hydroxylation is 2. The van der Waals surface area contributed by atoms with Gasteiger partial charge in [0.05, 0.1) is 0 Å². The van der Waals surface area contributed by atoms with E-state index < -0.39 is 0 Å². The smallest absolute Gasteiger partial charge is 0.233 e. The highest BCUT2D eigenvalue weighted by molar-refractivity contribution is 6.03. The summed E-state index contributed by atoms with van der Waals surface area (Å²) in [6, 6.07) is 5.87. The highest BCUT2D eigenvalue weighted by atomic mass is 16.2. The van der Waals surface area contributed by atoms with Gasteiger partial charge in [-0.1, -0.05) is 12.1 Å². The van der Waals surface area contributed by atoms with Crippen molar-refractivity contribution in [3.63, 3.8) is 0 Å². The quantitative estimate of drug-likeness (QED) is 0.802. The van der Waals surface area contributed by atoms with E-state index >= 15 is 0 Å². The van der Waals surface area contributed by atoms with E-state index in [0.717, 1.165) is 16.8 Å². The van der Waals surface area contributed by atoms with Gasteiger partial charge in [-0.3, -0.25) is 9.59 Å². The van der Waals surface area contributed by atoms with Crippen LogP contribution in [0.1, 0.15) is 31.4 Å². The highest BCUT2D eigenvalue weighted by Gasteiger charge is 2.11. The Hall–Kier alpha value is -1.84. The normalized spacial score (nSPS) is 10.3. The number of carbonyl (C=O) groups is 2. The Labute approximate surface area is 108 Å². The second-order valence-corrected chi connectivity index (χ2v) is 4.77. The number of benzene rings is 1. The Kier molecular flexibility index (Phi) is 4.89. The molecule has 2 N–H and O–H groups in total. The van der Waals surface area contributed by atoms with Gasteiger partial charge in [-0.05, 0) is 44.9 Å². The number of amides is 2. The Morgan fingerprint density at radius 1 is 1.17 bits per heavy atom. The van der Waals surface area contributed by atoms with E-state index in [1.165, 1.54) is 0 Å². The summed E-state index contributed by atoms with van der Waals surface area (Å²) in [5.41, 5.74) is 2.82. The van der Waals surface area contributed by atoms with Crippen molar-refractivity contribution in [2.24, 2.45) is 0 Å². The van der Waals surface area contributed by atoms with Gasteiger partial charge in [0.2, 0.25) is 11.8 Å². The topological polar surface area (TPSA) is 58.2 Å². The second-order valence-electron chi connectivity index (χ2n) is 4.77. The van der Waals surface area contributed by atoms with Crippen LogP contribution in [0.4, 0.5) is 5.69 Å². The van der Waals surface area contributed by atoms with Crippen molar-refractivity contribution in [3.05, 3.63) is 29.3 Å². The van der Waals surface area contributed by atoms with Crippen LogP contribution in [0.25, 0.3) is 0 Å². The maximum Gasteiger partial charge on any atom is 0.233 e. The van der Waals surface area contributed by atoms with Crippen molar-refractivity contribution < 1.29 is 9.59 Å². The van der Waals surface area contributed by atoms with Crippen molar-refractivity contribution in [1.29, 1.82) is 0 Å². The van der Waals surface area contributed by atoms with Crippen LogP contribution >= 0.6 is 0 Å². The third-order valence-electron chi connectivity index (χ3n) is 2.44. The number of hydrogen-bond acceptors (Lipinski definition) is 2. The van der Waals surface area contributed by atoms with Gasteiger partial charge in [-0.25, -0.2) is 0 Å². The Bertz CT molecular complexity index is 453. The van der Waals surface area contributed by atoms with Crippen molar-refractivity contribution in [3.8, 4) is 0 Å². The number of rotatable bonds is 4. The first-order valence-electron chi connectivity index (χ1n) is 6.05. The molecule has 0 atom stereocenters. The molecule has 4 nitrogen and oxygen atoms in total. The minimum atomic E-state index is -0.290. The number of anilines is 1. The van der Waals surface area contributed by atoms with Crippen molar-refractivity contribution in [1.82, 2.24) is 5.32 Å². The lowest BCUT2D eigenvalue weighted by Gasteiger charge is -2.10. The Morgan fingerprint density at radius 2 is 1.83 bits per heavy atom. The molecule has 0 saturated heterocycles. The van der Waals surface area contributed by atoms with Crippen molar-refractivity contribution >= 4 is 17.5 Å². The van der Waals surface area contributed by atoms with Gasteiger partial charge in [0.25, 0.3) is 0 Å². The highest BCUT2D eigenvalue weighted by Crippen LogP contribution is 2.16. The summed E-state index contributed by atoms with van der Waals surface area (Å²) < 4.78 is 0. The number of carbonyl (C=O) groups excluding carboxylic acids is 2. The van der Waals surface area contributed by atoms with Crippen LogP contribution in [0.3, 0.4) is 0 Å². The summed E-state index contributed by atoms with van der Waals surface area (Å²) in [5, 5.41) is 5.44. The molecule has 0 spiro atoms. The van der Waals surface area contributed by atoms with Gasteiger partial charge < -0.3 is 10.6 Å². The molecule has 0 unspecified atom stereocenters. The monoisotopic (exact) mass is 248 g/mol. The fourth-order valence-corrected chi connectivity index (χ4v) is 1.58. The molecule has 0 aliphatic heterocycles. The molecule has 2 amide bonds.